The molecule has 3 atom stereocenters. The molecule has 0 saturated heterocycles. The molecule has 2 bridgehead atoms. The molecule has 3 saturated carbocycles. The molecule has 3 aliphatic rings. The predicted molar refractivity (Wildman–Crippen MR) is 93.0 cm³/mol. The molecule has 0 aromatic carbocycles. The first kappa shape index (κ1) is 14.6. The van der Waals surface area contributed by atoms with Crippen molar-refractivity contribution in [1.82, 2.24) is 14.6 Å². The number of nitrogens with zero attached hydrogens (tertiary/aromatic N) is 3. The minimum absolute atomic E-state index is 0.261. The lowest BCUT2D eigenvalue weighted by Crippen LogP contribution is -2.39. The third kappa shape index (κ3) is 1.76. The lowest BCUT2D eigenvalue weighted by molar-refractivity contribution is 0.0296. The Morgan fingerprint density at radius 2 is 2.00 bits per heavy atom. The Bertz CT molecular complexity index is 822. The molecule has 0 radical (unpaired) electrons. The number of nitrogens with two attached hydrogens (primary N) is 1. The second kappa shape index (κ2) is 4.44. The first-order valence-electron chi connectivity index (χ1n) is 9.21. The Kier molecular flexibility index (Phi) is 2.69. The molecule has 128 valence electrons. The number of pyridine rings is 1. The summed E-state index contributed by atoms with van der Waals surface area (Å²) in [6, 6.07) is 2.04. The summed E-state index contributed by atoms with van der Waals surface area (Å²) in [6.07, 6.45) is 8.66. The van der Waals surface area contributed by atoms with Gasteiger partial charge in [-0.2, -0.15) is 0 Å². The molecule has 3 aliphatic carbocycles. The Morgan fingerprint density at radius 3 is 2.62 bits per heavy atom. The summed E-state index contributed by atoms with van der Waals surface area (Å²) >= 11 is 0. The van der Waals surface area contributed by atoms with Gasteiger partial charge in [-0.25, -0.2) is 0 Å². The third-order valence-corrected chi connectivity index (χ3v) is 7.56. The monoisotopic (exact) mass is 326 g/mol. The zero-order valence-corrected chi connectivity index (χ0v) is 14.7. The van der Waals surface area contributed by atoms with Crippen molar-refractivity contribution in [3.8, 4) is 5.75 Å². The van der Waals surface area contributed by atoms with Gasteiger partial charge < -0.3 is 10.5 Å². The summed E-state index contributed by atoms with van der Waals surface area (Å²) in [6.45, 7) is 7.28. The molecule has 5 nitrogen and oxygen atoms in total. The Balaban J connectivity index is 1.54. The van der Waals surface area contributed by atoms with Crippen LogP contribution < -0.4 is 10.5 Å². The van der Waals surface area contributed by atoms with Crippen molar-refractivity contribution < 1.29 is 4.74 Å². The summed E-state index contributed by atoms with van der Waals surface area (Å²) < 4.78 is 8.56. The molecule has 2 N–H and O–H groups in total. The van der Waals surface area contributed by atoms with E-state index in [9.17, 15) is 0 Å². The first-order valence-corrected chi connectivity index (χ1v) is 9.21. The SMILES string of the molecule is CC1(C)C2CCC1(C)C(Oc1cc3nnc(N)n3cc1C1CC1)C2. The highest BCUT2D eigenvalue weighted by Crippen LogP contribution is 2.66. The number of hydrogen-bond donors (Lipinski definition) is 1. The van der Waals surface area contributed by atoms with Crippen LogP contribution in [-0.4, -0.2) is 20.7 Å². The van der Waals surface area contributed by atoms with Crippen LogP contribution in [0.5, 0.6) is 5.75 Å². The standard InChI is InChI=1S/C19H26N4O/c1-18(2)12-6-7-19(18,3)15(8-12)24-14-9-16-21-22-17(20)23(16)10-13(14)11-4-5-11/h9-12,15H,4-8H2,1-3H3,(H2,20,22). The van der Waals surface area contributed by atoms with Crippen molar-refractivity contribution in [2.24, 2.45) is 16.7 Å². The number of nitrogen functional groups attached to an aromatic ring is 1. The molecule has 24 heavy (non-hydrogen) atoms. The molecule has 0 aliphatic heterocycles. The lowest BCUT2D eigenvalue weighted by Gasteiger charge is -2.39. The van der Waals surface area contributed by atoms with Crippen LogP contribution in [0, 0.1) is 16.7 Å². The highest BCUT2D eigenvalue weighted by Gasteiger charge is 2.62. The second-order valence-corrected chi connectivity index (χ2v) is 8.87. The van der Waals surface area contributed by atoms with Gasteiger partial charge in [-0.3, -0.25) is 4.40 Å². The maximum absolute atomic E-state index is 6.68. The van der Waals surface area contributed by atoms with Crippen molar-refractivity contribution in [3.05, 3.63) is 17.8 Å². The van der Waals surface area contributed by atoms with E-state index in [4.69, 9.17) is 10.5 Å². The van der Waals surface area contributed by atoms with E-state index < -0.39 is 0 Å². The number of hydrogen-bond acceptors (Lipinski definition) is 4. The fraction of sp³-hybridized carbons (Fsp3) is 0.684. The van der Waals surface area contributed by atoms with Gasteiger partial charge in [-0.05, 0) is 49.4 Å². The van der Waals surface area contributed by atoms with E-state index in [2.05, 4.69) is 37.2 Å². The van der Waals surface area contributed by atoms with E-state index in [1.807, 2.05) is 10.5 Å². The number of fused-ring (bicyclic) bond motifs is 3. The van der Waals surface area contributed by atoms with E-state index in [1.165, 1.54) is 37.7 Å². The molecule has 2 heterocycles. The van der Waals surface area contributed by atoms with Crippen LogP contribution in [0.3, 0.4) is 0 Å². The van der Waals surface area contributed by atoms with E-state index in [0.717, 1.165) is 17.3 Å². The molecular formula is C19H26N4O. The van der Waals surface area contributed by atoms with Crippen molar-refractivity contribution >= 4 is 11.6 Å². The Labute approximate surface area is 142 Å². The van der Waals surface area contributed by atoms with Gasteiger partial charge in [0.1, 0.15) is 11.9 Å². The third-order valence-electron chi connectivity index (χ3n) is 7.56. The van der Waals surface area contributed by atoms with Crippen LogP contribution in [0.1, 0.15) is 64.4 Å². The predicted octanol–water partition coefficient (Wildman–Crippen LogP) is 3.78. The second-order valence-electron chi connectivity index (χ2n) is 8.87. The van der Waals surface area contributed by atoms with Crippen molar-refractivity contribution in [2.45, 2.75) is 64.9 Å². The summed E-state index contributed by atoms with van der Waals surface area (Å²) in [5.41, 5.74) is 8.61. The Hall–Kier alpha value is -1.78. The Morgan fingerprint density at radius 1 is 1.21 bits per heavy atom. The van der Waals surface area contributed by atoms with Crippen LogP contribution in [0.15, 0.2) is 12.3 Å². The summed E-state index contributed by atoms with van der Waals surface area (Å²) in [7, 11) is 0. The maximum atomic E-state index is 6.68. The van der Waals surface area contributed by atoms with Crippen LogP contribution >= 0.6 is 0 Å². The van der Waals surface area contributed by atoms with Gasteiger partial charge in [-0.1, -0.05) is 20.8 Å². The molecule has 3 unspecified atom stereocenters. The summed E-state index contributed by atoms with van der Waals surface area (Å²) in [5.74, 6) is 2.84. The molecule has 0 spiro atoms. The molecule has 5 heteroatoms. The van der Waals surface area contributed by atoms with E-state index in [-0.39, 0.29) is 5.41 Å². The van der Waals surface area contributed by atoms with E-state index in [1.54, 1.807) is 0 Å². The quantitative estimate of drug-likeness (QED) is 0.932. The van der Waals surface area contributed by atoms with Gasteiger partial charge in [-0.15, -0.1) is 10.2 Å². The number of aromatic nitrogens is 3. The first-order chi connectivity index (χ1) is 11.4. The van der Waals surface area contributed by atoms with Crippen LogP contribution in [0.2, 0.25) is 0 Å². The van der Waals surface area contributed by atoms with Gasteiger partial charge >= 0.3 is 0 Å². The van der Waals surface area contributed by atoms with Gasteiger partial charge in [0, 0.05) is 23.2 Å². The largest absolute Gasteiger partial charge is 0.489 e. The average molecular weight is 326 g/mol. The summed E-state index contributed by atoms with van der Waals surface area (Å²) in [5, 5.41) is 8.18. The number of anilines is 1. The van der Waals surface area contributed by atoms with Crippen molar-refractivity contribution in [2.75, 3.05) is 5.73 Å². The minimum Gasteiger partial charge on any atom is -0.489 e. The topological polar surface area (TPSA) is 65.4 Å². The summed E-state index contributed by atoms with van der Waals surface area (Å²) in [4.78, 5) is 0. The van der Waals surface area contributed by atoms with Crippen molar-refractivity contribution in [1.29, 1.82) is 0 Å². The van der Waals surface area contributed by atoms with Gasteiger partial charge in [0.05, 0.1) is 0 Å². The highest BCUT2D eigenvalue weighted by molar-refractivity contribution is 5.53. The van der Waals surface area contributed by atoms with E-state index in [0.29, 0.717) is 23.4 Å². The number of ether oxygens (including phenoxy) is 1. The van der Waals surface area contributed by atoms with Gasteiger partial charge in [0.15, 0.2) is 5.65 Å². The minimum atomic E-state index is 0.261. The fourth-order valence-electron chi connectivity index (χ4n) is 5.21. The molecule has 3 fully saturated rings. The average Bonchev–Trinajstić information content (AvgIpc) is 3.26. The van der Waals surface area contributed by atoms with Crippen molar-refractivity contribution in [3.63, 3.8) is 0 Å². The molecular weight excluding hydrogens is 300 g/mol. The lowest BCUT2D eigenvalue weighted by atomic mass is 9.70. The zero-order chi connectivity index (χ0) is 16.7. The van der Waals surface area contributed by atoms with Gasteiger partial charge in [0.25, 0.3) is 0 Å². The van der Waals surface area contributed by atoms with Gasteiger partial charge in [0.2, 0.25) is 5.95 Å². The molecule has 2 aromatic rings. The molecule has 0 amide bonds. The zero-order valence-electron chi connectivity index (χ0n) is 14.7. The van der Waals surface area contributed by atoms with Crippen LogP contribution in [-0.2, 0) is 0 Å². The smallest absolute Gasteiger partial charge is 0.226 e. The van der Waals surface area contributed by atoms with Crippen LogP contribution in [0.4, 0.5) is 5.95 Å². The number of rotatable bonds is 3. The molecule has 2 aromatic heterocycles. The van der Waals surface area contributed by atoms with E-state index >= 15 is 0 Å². The normalized spacial score (nSPS) is 34.1. The molecule has 5 rings (SSSR count). The highest BCUT2D eigenvalue weighted by atomic mass is 16.5. The van der Waals surface area contributed by atoms with Crippen LogP contribution in [0.25, 0.3) is 5.65 Å². The fourth-order valence-corrected chi connectivity index (χ4v) is 5.21. The maximum Gasteiger partial charge on any atom is 0.226 e.